The van der Waals surface area contributed by atoms with E-state index in [2.05, 4.69) is 11.8 Å². The molecule has 0 unspecified atom stereocenters. The average molecular weight is 224 g/mol. The Balaban J connectivity index is 2.97. The maximum atomic E-state index is 10.2. The summed E-state index contributed by atoms with van der Waals surface area (Å²) in [5, 5.41) is 8.45. The Morgan fingerprint density at radius 3 is 1.94 bits per heavy atom. The van der Waals surface area contributed by atoms with Crippen LogP contribution in [-0.4, -0.2) is 11.1 Å². The van der Waals surface area contributed by atoms with Crippen LogP contribution in [0.4, 0.5) is 0 Å². The number of carboxylic acid groups (broad SMARTS) is 1. The number of hydrogen-bond acceptors (Lipinski definition) is 1. The van der Waals surface area contributed by atoms with Gasteiger partial charge in [0.1, 0.15) is 0 Å². The van der Waals surface area contributed by atoms with Gasteiger partial charge in [-0.1, -0.05) is 38.5 Å². The number of aliphatic carboxylic acids is 1. The predicted octanol–water partition coefficient (Wildman–Crippen LogP) is 4.00. The summed E-state index contributed by atoms with van der Waals surface area (Å²) in [6.45, 7) is 1.89. The van der Waals surface area contributed by atoms with Crippen LogP contribution in [0, 0.1) is 11.8 Å². The largest absolute Gasteiger partial charge is 0.481 e. The molecule has 0 bridgehead atoms. The van der Waals surface area contributed by atoms with Gasteiger partial charge in [0.05, 0.1) is 0 Å². The number of unbranched alkanes of at least 4 members (excludes halogenated alkanes) is 8. The Labute approximate surface area is 99.4 Å². The van der Waals surface area contributed by atoms with Gasteiger partial charge in [0.2, 0.25) is 0 Å². The Kier molecular flexibility index (Phi) is 11.4. The van der Waals surface area contributed by atoms with Crippen LogP contribution in [0.25, 0.3) is 0 Å². The topological polar surface area (TPSA) is 37.3 Å². The first-order valence-electron chi connectivity index (χ1n) is 6.38. The maximum Gasteiger partial charge on any atom is 0.303 e. The molecule has 16 heavy (non-hydrogen) atoms. The lowest BCUT2D eigenvalue weighted by atomic mass is 10.1. The molecule has 0 amide bonds. The van der Waals surface area contributed by atoms with Crippen LogP contribution in [0.2, 0.25) is 0 Å². The number of carboxylic acids is 1. The van der Waals surface area contributed by atoms with E-state index < -0.39 is 5.97 Å². The van der Waals surface area contributed by atoms with Crippen molar-refractivity contribution in [2.75, 3.05) is 0 Å². The molecule has 0 aromatic carbocycles. The molecule has 0 aliphatic heterocycles. The minimum Gasteiger partial charge on any atom is -0.481 e. The molecule has 0 saturated carbocycles. The fourth-order valence-electron chi connectivity index (χ4n) is 1.68. The normalized spacial score (nSPS) is 9.56. The van der Waals surface area contributed by atoms with Crippen molar-refractivity contribution in [1.82, 2.24) is 0 Å². The minimum absolute atomic E-state index is 0.329. The number of carbonyl (C=O) groups is 1. The zero-order valence-electron chi connectivity index (χ0n) is 10.4. The molecule has 1 N–H and O–H groups in total. The van der Waals surface area contributed by atoms with Crippen molar-refractivity contribution in [2.45, 2.75) is 71.1 Å². The number of hydrogen-bond donors (Lipinski definition) is 1. The predicted molar refractivity (Wildman–Crippen MR) is 67.3 cm³/mol. The molecule has 0 heterocycles. The van der Waals surface area contributed by atoms with Crippen molar-refractivity contribution >= 4 is 5.97 Å². The smallest absolute Gasteiger partial charge is 0.303 e. The summed E-state index contributed by atoms with van der Waals surface area (Å²) in [4.78, 5) is 10.2. The van der Waals surface area contributed by atoms with Crippen LogP contribution < -0.4 is 0 Å². The second-order valence-electron chi connectivity index (χ2n) is 4.15. The summed E-state index contributed by atoms with van der Waals surface area (Å²) < 4.78 is 0. The molecule has 92 valence electrons. The zero-order chi connectivity index (χ0) is 12.1. The Bertz CT molecular complexity index is 223. The lowest BCUT2D eigenvalue weighted by Gasteiger charge is -2.00. The third-order valence-electron chi connectivity index (χ3n) is 2.62. The Morgan fingerprint density at radius 1 is 0.938 bits per heavy atom. The standard InChI is InChI=1S/C14H24O2/c1-2-3-4-5-6-7-8-9-10-11-12-13-14(15)16/h4-13H2,1H3,(H,15,16). The van der Waals surface area contributed by atoms with Crippen LogP contribution in [-0.2, 0) is 4.79 Å². The van der Waals surface area contributed by atoms with Crippen LogP contribution >= 0.6 is 0 Å². The third kappa shape index (κ3) is 13.0. The highest BCUT2D eigenvalue weighted by molar-refractivity contribution is 5.66. The van der Waals surface area contributed by atoms with Gasteiger partial charge in [-0.3, -0.25) is 4.79 Å². The molecule has 0 radical (unpaired) electrons. The van der Waals surface area contributed by atoms with E-state index in [9.17, 15) is 4.79 Å². The first-order valence-corrected chi connectivity index (χ1v) is 6.38. The Morgan fingerprint density at radius 2 is 1.44 bits per heavy atom. The van der Waals surface area contributed by atoms with Gasteiger partial charge in [-0.25, -0.2) is 0 Å². The quantitative estimate of drug-likeness (QED) is 0.450. The third-order valence-corrected chi connectivity index (χ3v) is 2.62. The fraction of sp³-hybridized carbons (Fsp3) is 0.786. The van der Waals surface area contributed by atoms with Gasteiger partial charge in [-0.2, -0.15) is 0 Å². The fourth-order valence-corrected chi connectivity index (χ4v) is 1.68. The highest BCUT2D eigenvalue weighted by Gasteiger charge is 1.96. The molecule has 0 aromatic heterocycles. The van der Waals surface area contributed by atoms with Gasteiger partial charge in [0, 0.05) is 12.8 Å². The molecule has 0 saturated heterocycles. The van der Waals surface area contributed by atoms with Crippen LogP contribution in [0.3, 0.4) is 0 Å². The highest BCUT2D eigenvalue weighted by Crippen LogP contribution is 2.10. The molecule has 0 aromatic rings. The van der Waals surface area contributed by atoms with E-state index in [1.807, 2.05) is 6.92 Å². The van der Waals surface area contributed by atoms with Gasteiger partial charge >= 0.3 is 5.97 Å². The van der Waals surface area contributed by atoms with E-state index in [1.54, 1.807) is 0 Å². The van der Waals surface area contributed by atoms with Gasteiger partial charge < -0.3 is 5.11 Å². The molecule has 0 aliphatic carbocycles. The number of rotatable bonds is 10. The molecule has 0 atom stereocenters. The lowest BCUT2D eigenvalue weighted by Crippen LogP contribution is -1.93. The van der Waals surface area contributed by atoms with Gasteiger partial charge in [-0.15, -0.1) is 11.8 Å². The molecule has 0 aliphatic rings. The van der Waals surface area contributed by atoms with Crippen molar-refractivity contribution in [3.63, 3.8) is 0 Å². The summed E-state index contributed by atoms with van der Waals surface area (Å²) in [6, 6.07) is 0. The minimum atomic E-state index is -0.669. The maximum absolute atomic E-state index is 10.2. The van der Waals surface area contributed by atoms with Gasteiger partial charge in [-0.05, 0) is 19.8 Å². The average Bonchev–Trinajstić information content (AvgIpc) is 2.25. The first kappa shape index (κ1) is 15.0. The van der Waals surface area contributed by atoms with Gasteiger partial charge in [0.25, 0.3) is 0 Å². The van der Waals surface area contributed by atoms with E-state index in [4.69, 9.17) is 5.11 Å². The SMILES string of the molecule is CC#CCCCCCCCCCCC(=O)O. The van der Waals surface area contributed by atoms with E-state index >= 15 is 0 Å². The molecule has 0 rings (SSSR count). The Hall–Kier alpha value is -0.970. The molecule has 0 spiro atoms. The molecular weight excluding hydrogens is 200 g/mol. The molecule has 2 heteroatoms. The highest BCUT2D eigenvalue weighted by atomic mass is 16.4. The van der Waals surface area contributed by atoms with E-state index in [0.29, 0.717) is 6.42 Å². The van der Waals surface area contributed by atoms with Crippen LogP contribution in [0.5, 0.6) is 0 Å². The zero-order valence-corrected chi connectivity index (χ0v) is 10.4. The van der Waals surface area contributed by atoms with Crippen molar-refractivity contribution in [3.8, 4) is 11.8 Å². The van der Waals surface area contributed by atoms with Crippen molar-refractivity contribution in [1.29, 1.82) is 0 Å². The monoisotopic (exact) mass is 224 g/mol. The van der Waals surface area contributed by atoms with Crippen LogP contribution in [0.1, 0.15) is 71.1 Å². The lowest BCUT2D eigenvalue weighted by molar-refractivity contribution is -0.137. The molecular formula is C14H24O2. The van der Waals surface area contributed by atoms with Gasteiger partial charge in [0.15, 0.2) is 0 Å². The molecule has 0 fully saturated rings. The summed E-state index contributed by atoms with van der Waals surface area (Å²) in [7, 11) is 0. The van der Waals surface area contributed by atoms with E-state index in [0.717, 1.165) is 19.3 Å². The first-order chi connectivity index (χ1) is 7.77. The molecule has 2 nitrogen and oxygen atoms in total. The summed E-state index contributed by atoms with van der Waals surface area (Å²) in [6.07, 6.45) is 10.8. The summed E-state index contributed by atoms with van der Waals surface area (Å²) in [5.41, 5.74) is 0. The second kappa shape index (κ2) is 12.1. The summed E-state index contributed by atoms with van der Waals surface area (Å²) >= 11 is 0. The van der Waals surface area contributed by atoms with E-state index in [-0.39, 0.29) is 0 Å². The second-order valence-corrected chi connectivity index (χ2v) is 4.15. The summed E-state index contributed by atoms with van der Waals surface area (Å²) in [5.74, 6) is 5.31. The van der Waals surface area contributed by atoms with Crippen molar-refractivity contribution in [2.24, 2.45) is 0 Å². The van der Waals surface area contributed by atoms with E-state index in [1.165, 1.54) is 38.5 Å². The van der Waals surface area contributed by atoms with Crippen molar-refractivity contribution in [3.05, 3.63) is 0 Å². The van der Waals surface area contributed by atoms with Crippen molar-refractivity contribution < 1.29 is 9.90 Å². The van der Waals surface area contributed by atoms with Crippen LogP contribution in [0.15, 0.2) is 0 Å².